The van der Waals surface area contributed by atoms with E-state index in [9.17, 15) is 0 Å². The van der Waals surface area contributed by atoms with Crippen LogP contribution in [0.5, 0.6) is 0 Å². The predicted octanol–water partition coefficient (Wildman–Crippen LogP) is 2.91. The Labute approximate surface area is 104 Å². The average Bonchev–Trinajstić information content (AvgIpc) is 2.29. The van der Waals surface area contributed by atoms with Gasteiger partial charge in [-0.2, -0.15) is 17.0 Å². The molecule has 84 valence electrons. The molecule has 5 heteroatoms. The van der Waals surface area contributed by atoms with Gasteiger partial charge in [0.25, 0.3) is 0 Å². The van der Waals surface area contributed by atoms with Crippen LogP contribution in [0.3, 0.4) is 0 Å². The number of thioether (sulfide) groups is 1. The van der Waals surface area contributed by atoms with Crippen LogP contribution in [0, 0.1) is 11.3 Å². The fourth-order valence-corrected chi connectivity index (χ4v) is 2.98. The first-order valence-corrected chi connectivity index (χ1v) is 6.73. The second-order valence-electron chi connectivity index (χ2n) is 3.73. The fraction of sp³-hybridized carbons (Fsp3) is 0.455. The van der Waals surface area contributed by atoms with Gasteiger partial charge >= 0.3 is 0 Å². The minimum absolute atomic E-state index is 0.366. The highest BCUT2D eigenvalue weighted by Gasteiger charge is 2.14. The van der Waals surface area contributed by atoms with E-state index in [-0.39, 0.29) is 0 Å². The second-order valence-corrected chi connectivity index (χ2v) is 5.27. The Kier molecular flexibility index (Phi) is 3.92. The van der Waals surface area contributed by atoms with Crippen LogP contribution >= 0.6 is 23.4 Å². The molecule has 2 heterocycles. The van der Waals surface area contributed by atoms with Gasteiger partial charge in [0.15, 0.2) is 0 Å². The molecule has 0 bridgehead atoms. The van der Waals surface area contributed by atoms with Gasteiger partial charge < -0.3 is 5.32 Å². The molecule has 2 rings (SSSR count). The van der Waals surface area contributed by atoms with E-state index in [1.54, 1.807) is 12.1 Å². The summed E-state index contributed by atoms with van der Waals surface area (Å²) in [6.07, 6.45) is 2.39. The number of rotatable bonds is 2. The summed E-state index contributed by atoms with van der Waals surface area (Å²) in [6, 6.07) is 5.83. The Bertz CT molecular complexity index is 410. The molecule has 1 saturated heterocycles. The lowest BCUT2D eigenvalue weighted by Gasteiger charge is -2.23. The molecule has 1 aliphatic heterocycles. The molecule has 0 amide bonds. The van der Waals surface area contributed by atoms with Crippen molar-refractivity contribution in [2.45, 2.75) is 18.9 Å². The predicted molar refractivity (Wildman–Crippen MR) is 67.9 cm³/mol. The van der Waals surface area contributed by atoms with Gasteiger partial charge in [-0.25, -0.2) is 4.98 Å². The summed E-state index contributed by atoms with van der Waals surface area (Å²) in [5, 5.41) is 12.5. The fourth-order valence-electron chi connectivity index (χ4n) is 1.70. The third-order valence-electron chi connectivity index (χ3n) is 2.44. The Hall–Kier alpha value is -0.920. The van der Waals surface area contributed by atoms with Crippen molar-refractivity contribution in [3.63, 3.8) is 0 Å². The van der Waals surface area contributed by atoms with E-state index >= 15 is 0 Å². The highest BCUT2D eigenvalue weighted by atomic mass is 35.5. The van der Waals surface area contributed by atoms with E-state index in [4.69, 9.17) is 16.9 Å². The van der Waals surface area contributed by atoms with Crippen molar-refractivity contribution in [3.05, 3.63) is 22.8 Å². The van der Waals surface area contributed by atoms with E-state index in [0.29, 0.717) is 22.6 Å². The SMILES string of the molecule is N#Cc1cc(Cl)nc(NC2CCCSC2)c1. The third kappa shape index (κ3) is 3.03. The average molecular weight is 254 g/mol. The summed E-state index contributed by atoms with van der Waals surface area (Å²) in [7, 11) is 0. The maximum absolute atomic E-state index is 8.82. The van der Waals surface area contributed by atoms with Gasteiger partial charge in [-0.1, -0.05) is 11.6 Å². The number of hydrogen-bond acceptors (Lipinski definition) is 4. The lowest BCUT2D eigenvalue weighted by Crippen LogP contribution is -2.26. The van der Waals surface area contributed by atoms with Gasteiger partial charge in [0.1, 0.15) is 11.0 Å². The minimum Gasteiger partial charge on any atom is -0.366 e. The molecule has 1 aliphatic rings. The largest absolute Gasteiger partial charge is 0.366 e. The number of aromatic nitrogens is 1. The first kappa shape index (κ1) is 11.6. The maximum atomic E-state index is 8.82. The quantitative estimate of drug-likeness (QED) is 0.824. The molecule has 1 N–H and O–H groups in total. The number of halogens is 1. The Morgan fingerprint density at radius 1 is 1.56 bits per heavy atom. The lowest BCUT2D eigenvalue weighted by atomic mass is 10.2. The van der Waals surface area contributed by atoms with Crippen LogP contribution < -0.4 is 5.32 Å². The molecule has 0 spiro atoms. The van der Waals surface area contributed by atoms with Crippen LogP contribution in [-0.4, -0.2) is 22.5 Å². The van der Waals surface area contributed by atoms with Crippen molar-refractivity contribution in [1.29, 1.82) is 5.26 Å². The second kappa shape index (κ2) is 5.42. The van der Waals surface area contributed by atoms with Gasteiger partial charge in [-0.15, -0.1) is 0 Å². The smallest absolute Gasteiger partial charge is 0.132 e. The first-order valence-electron chi connectivity index (χ1n) is 5.20. The van der Waals surface area contributed by atoms with Crippen LogP contribution in [0.4, 0.5) is 5.82 Å². The number of nitriles is 1. The highest BCUT2D eigenvalue weighted by Crippen LogP contribution is 2.21. The Morgan fingerprint density at radius 2 is 2.44 bits per heavy atom. The van der Waals surface area contributed by atoms with Crippen LogP contribution in [0.15, 0.2) is 12.1 Å². The van der Waals surface area contributed by atoms with Gasteiger partial charge in [0.05, 0.1) is 11.6 Å². The van der Waals surface area contributed by atoms with Crippen molar-refractivity contribution < 1.29 is 0 Å². The molecule has 0 aliphatic carbocycles. The van der Waals surface area contributed by atoms with Gasteiger partial charge in [0, 0.05) is 11.8 Å². The van der Waals surface area contributed by atoms with Gasteiger partial charge in [-0.05, 0) is 30.7 Å². The monoisotopic (exact) mass is 253 g/mol. The number of pyridine rings is 1. The summed E-state index contributed by atoms with van der Waals surface area (Å²) < 4.78 is 0. The van der Waals surface area contributed by atoms with Crippen molar-refractivity contribution in [2.24, 2.45) is 0 Å². The zero-order valence-corrected chi connectivity index (χ0v) is 10.3. The highest BCUT2D eigenvalue weighted by molar-refractivity contribution is 7.99. The number of nitrogens with one attached hydrogen (secondary N) is 1. The summed E-state index contributed by atoms with van der Waals surface area (Å²) in [4.78, 5) is 4.17. The van der Waals surface area contributed by atoms with Crippen LogP contribution in [0.1, 0.15) is 18.4 Å². The topological polar surface area (TPSA) is 48.7 Å². The molecule has 1 aromatic heterocycles. The zero-order valence-electron chi connectivity index (χ0n) is 8.74. The van der Waals surface area contributed by atoms with Crippen LogP contribution in [0.2, 0.25) is 5.15 Å². The Balaban J connectivity index is 2.08. The third-order valence-corrected chi connectivity index (χ3v) is 3.84. The molecule has 1 atom stereocenters. The summed E-state index contributed by atoms with van der Waals surface area (Å²) in [5.74, 6) is 3.04. The van der Waals surface area contributed by atoms with Crippen molar-refractivity contribution in [3.8, 4) is 6.07 Å². The lowest BCUT2D eigenvalue weighted by molar-refractivity contribution is 0.682. The molecule has 1 unspecified atom stereocenters. The number of anilines is 1. The van der Waals surface area contributed by atoms with Gasteiger partial charge in [-0.3, -0.25) is 0 Å². The summed E-state index contributed by atoms with van der Waals surface area (Å²) in [5.41, 5.74) is 0.547. The van der Waals surface area contributed by atoms with E-state index in [1.165, 1.54) is 12.2 Å². The molecular formula is C11H12ClN3S. The van der Waals surface area contributed by atoms with Crippen molar-refractivity contribution >= 4 is 29.2 Å². The molecule has 3 nitrogen and oxygen atoms in total. The molecule has 0 aromatic carbocycles. The molecule has 1 fully saturated rings. The van der Waals surface area contributed by atoms with Gasteiger partial charge in [0.2, 0.25) is 0 Å². The van der Waals surface area contributed by atoms with Crippen LogP contribution in [-0.2, 0) is 0 Å². The Morgan fingerprint density at radius 3 is 3.12 bits per heavy atom. The number of hydrogen-bond donors (Lipinski definition) is 1. The molecule has 16 heavy (non-hydrogen) atoms. The van der Waals surface area contributed by atoms with Crippen molar-refractivity contribution in [2.75, 3.05) is 16.8 Å². The molecular weight excluding hydrogens is 242 g/mol. The maximum Gasteiger partial charge on any atom is 0.132 e. The van der Waals surface area contributed by atoms with E-state index in [1.807, 2.05) is 11.8 Å². The van der Waals surface area contributed by atoms with Crippen LogP contribution in [0.25, 0.3) is 0 Å². The molecule has 0 saturated carbocycles. The first-order chi connectivity index (χ1) is 7.78. The molecule has 0 radical (unpaired) electrons. The van der Waals surface area contributed by atoms with E-state index in [0.717, 1.165) is 12.2 Å². The number of nitrogens with zero attached hydrogens (tertiary/aromatic N) is 2. The van der Waals surface area contributed by atoms with Crippen molar-refractivity contribution in [1.82, 2.24) is 4.98 Å². The summed E-state index contributed by atoms with van der Waals surface area (Å²) >= 11 is 7.79. The zero-order chi connectivity index (χ0) is 11.4. The standard InChI is InChI=1S/C11H12ClN3S/c12-10-4-8(6-13)5-11(15-10)14-9-2-1-3-16-7-9/h4-5,9H,1-3,7H2,(H,14,15). The normalized spacial score (nSPS) is 20.1. The van der Waals surface area contributed by atoms with E-state index < -0.39 is 0 Å². The summed E-state index contributed by atoms with van der Waals surface area (Å²) in [6.45, 7) is 0. The van der Waals surface area contributed by atoms with E-state index in [2.05, 4.69) is 16.4 Å². The minimum atomic E-state index is 0.366. The molecule has 1 aromatic rings.